The second kappa shape index (κ2) is 5.63. The zero-order valence-electron chi connectivity index (χ0n) is 11.4. The molecule has 1 heterocycles. The van der Waals surface area contributed by atoms with E-state index in [4.69, 9.17) is 0 Å². The number of hydrogen-bond acceptors (Lipinski definition) is 2. The van der Waals surface area contributed by atoms with E-state index in [9.17, 15) is 9.59 Å². The number of fused-ring (bicyclic) bond motifs is 1. The monoisotopic (exact) mass is 274 g/mol. The van der Waals surface area contributed by atoms with Gasteiger partial charge in [-0.1, -0.05) is 24.3 Å². The molecule has 0 spiro atoms. The Morgan fingerprint density at radius 1 is 1.30 bits per heavy atom. The smallest absolute Gasteiger partial charge is 0.278 e. The molecule has 5 heteroatoms. The van der Waals surface area contributed by atoms with E-state index in [1.807, 2.05) is 17.4 Å². The van der Waals surface area contributed by atoms with Gasteiger partial charge in [0.1, 0.15) is 0 Å². The molecule has 0 radical (unpaired) electrons. The normalized spacial score (nSPS) is 22.2. The van der Waals surface area contributed by atoms with E-state index in [1.165, 1.54) is 11.1 Å². The lowest BCUT2D eigenvalue weighted by atomic mass is 10.1. The van der Waals surface area contributed by atoms with Crippen LogP contribution < -0.4 is 16.0 Å². The highest BCUT2D eigenvalue weighted by Gasteiger charge is 2.29. The summed E-state index contributed by atoms with van der Waals surface area (Å²) >= 11 is 0. The molecule has 1 saturated heterocycles. The highest BCUT2D eigenvalue weighted by molar-refractivity contribution is 5.87. The van der Waals surface area contributed by atoms with Crippen LogP contribution in [-0.4, -0.2) is 37.0 Å². The number of nitrogens with one attached hydrogen (secondary N) is 2. The van der Waals surface area contributed by atoms with Gasteiger partial charge in [-0.15, -0.1) is 0 Å². The van der Waals surface area contributed by atoms with Crippen LogP contribution in [0.4, 0.5) is 0 Å². The molecule has 106 valence electrons. The highest BCUT2D eigenvalue weighted by atomic mass is 16.2. The second-order valence-electron chi connectivity index (χ2n) is 5.57. The molecular weight excluding hydrogens is 254 g/mol. The first-order chi connectivity index (χ1) is 9.72. The summed E-state index contributed by atoms with van der Waals surface area (Å²) in [5.41, 5.74) is 2.64. The van der Waals surface area contributed by atoms with E-state index in [0.717, 1.165) is 19.4 Å². The standard InChI is InChI=1S/C15H19N3O2/c19-14(9-13-15(20)17-6-5-16-13)18-12-7-10-3-1-2-4-11(10)8-12/h1-4,12-13,16H,5-9H2,(H,17,20)(H,18,19)/p+1/t13-/m1/s1. The Bertz CT molecular complexity index is 505. The predicted molar refractivity (Wildman–Crippen MR) is 74.0 cm³/mol. The summed E-state index contributed by atoms with van der Waals surface area (Å²) in [5, 5.41) is 7.80. The summed E-state index contributed by atoms with van der Waals surface area (Å²) in [6, 6.07) is 8.20. The van der Waals surface area contributed by atoms with Gasteiger partial charge in [0.25, 0.3) is 5.91 Å². The molecule has 4 N–H and O–H groups in total. The van der Waals surface area contributed by atoms with Gasteiger partial charge in [0, 0.05) is 6.04 Å². The van der Waals surface area contributed by atoms with Gasteiger partial charge < -0.3 is 16.0 Å². The van der Waals surface area contributed by atoms with Crippen molar-refractivity contribution < 1.29 is 14.9 Å². The number of amides is 2. The Morgan fingerprint density at radius 3 is 2.65 bits per heavy atom. The number of carbonyl (C=O) groups is 2. The highest BCUT2D eigenvalue weighted by Crippen LogP contribution is 2.21. The maximum Gasteiger partial charge on any atom is 0.278 e. The summed E-state index contributed by atoms with van der Waals surface area (Å²) in [4.78, 5) is 23.7. The van der Waals surface area contributed by atoms with Gasteiger partial charge >= 0.3 is 0 Å². The van der Waals surface area contributed by atoms with Crippen molar-refractivity contribution in [2.45, 2.75) is 31.3 Å². The Hall–Kier alpha value is -1.88. The van der Waals surface area contributed by atoms with Gasteiger partial charge in [0.05, 0.1) is 19.5 Å². The Kier molecular flexibility index (Phi) is 3.69. The van der Waals surface area contributed by atoms with E-state index in [0.29, 0.717) is 6.54 Å². The fourth-order valence-electron chi connectivity index (χ4n) is 3.04. The third kappa shape index (κ3) is 2.82. The molecule has 0 aromatic heterocycles. The number of quaternary nitrogens is 1. The SMILES string of the molecule is O=C(C[C@H]1[NH2+]CCNC1=O)NC1Cc2ccccc2C1. The van der Waals surface area contributed by atoms with E-state index < -0.39 is 0 Å². The van der Waals surface area contributed by atoms with Gasteiger partial charge in [0.15, 0.2) is 6.04 Å². The fourth-order valence-corrected chi connectivity index (χ4v) is 3.04. The molecule has 1 aromatic carbocycles. The van der Waals surface area contributed by atoms with Gasteiger partial charge in [-0.3, -0.25) is 9.59 Å². The summed E-state index contributed by atoms with van der Waals surface area (Å²) in [5.74, 6) is -0.0535. The zero-order chi connectivity index (χ0) is 13.9. The van der Waals surface area contributed by atoms with Crippen LogP contribution in [0.1, 0.15) is 17.5 Å². The lowest BCUT2D eigenvalue weighted by Gasteiger charge is -2.20. The summed E-state index contributed by atoms with van der Waals surface area (Å²) < 4.78 is 0. The van der Waals surface area contributed by atoms with Crippen LogP contribution in [0.15, 0.2) is 24.3 Å². The van der Waals surface area contributed by atoms with Gasteiger partial charge in [0.2, 0.25) is 5.91 Å². The van der Waals surface area contributed by atoms with Crippen molar-refractivity contribution in [3.05, 3.63) is 35.4 Å². The molecule has 1 aliphatic heterocycles. The summed E-state index contributed by atoms with van der Waals surface area (Å²) in [6.07, 6.45) is 2.05. The molecule has 20 heavy (non-hydrogen) atoms. The summed E-state index contributed by atoms with van der Waals surface area (Å²) in [6.45, 7) is 1.54. The van der Waals surface area contributed by atoms with E-state index in [-0.39, 0.29) is 30.3 Å². The van der Waals surface area contributed by atoms with E-state index in [2.05, 4.69) is 22.8 Å². The molecule has 0 bridgehead atoms. The second-order valence-corrected chi connectivity index (χ2v) is 5.57. The Balaban J connectivity index is 1.52. The minimum atomic E-state index is -0.271. The van der Waals surface area contributed by atoms with E-state index in [1.54, 1.807) is 0 Å². The Labute approximate surface area is 118 Å². The average molecular weight is 274 g/mol. The van der Waals surface area contributed by atoms with Gasteiger partial charge in [-0.05, 0) is 24.0 Å². The quantitative estimate of drug-likeness (QED) is 0.642. The van der Waals surface area contributed by atoms with E-state index >= 15 is 0 Å². The number of piperazine rings is 1. The van der Waals surface area contributed by atoms with Crippen LogP contribution in [0.5, 0.6) is 0 Å². The molecule has 2 amide bonds. The molecule has 5 nitrogen and oxygen atoms in total. The number of benzene rings is 1. The van der Waals surface area contributed by atoms with Crippen molar-refractivity contribution in [3.8, 4) is 0 Å². The molecule has 3 rings (SSSR count). The van der Waals surface area contributed by atoms with Crippen LogP contribution in [0.3, 0.4) is 0 Å². The van der Waals surface area contributed by atoms with Crippen LogP contribution in [0.25, 0.3) is 0 Å². The first kappa shape index (κ1) is 13.1. The molecule has 0 saturated carbocycles. The molecule has 1 aromatic rings. The minimum absolute atomic E-state index is 0.0268. The minimum Gasteiger partial charge on any atom is -0.352 e. The number of carbonyl (C=O) groups excluding carboxylic acids is 2. The predicted octanol–water partition coefficient (Wildman–Crippen LogP) is -1.28. The van der Waals surface area contributed by atoms with Crippen molar-refractivity contribution in [2.24, 2.45) is 0 Å². The van der Waals surface area contributed by atoms with Crippen LogP contribution in [0.2, 0.25) is 0 Å². The van der Waals surface area contributed by atoms with Crippen molar-refractivity contribution in [2.75, 3.05) is 13.1 Å². The maximum absolute atomic E-state index is 12.1. The Morgan fingerprint density at radius 2 is 2.00 bits per heavy atom. The molecular formula is C15H20N3O2+. The molecule has 0 unspecified atom stereocenters. The summed E-state index contributed by atoms with van der Waals surface area (Å²) in [7, 11) is 0. The fraction of sp³-hybridized carbons (Fsp3) is 0.467. The number of hydrogen-bond donors (Lipinski definition) is 3. The van der Waals surface area contributed by atoms with Crippen LogP contribution >= 0.6 is 0 Å². The molecule has 1 fully saturated rings. The average Bonchev–Trinajstić information content (AvgIpc) is 2.83. The lowest BCUT2D eigenvalue weighted by molar-refractivity contribution is -0.678. The third-order valence-corrected chi connectivity index (χ3v) is 4.05. The number of rotatable bonds is 3. The third-order valence-electron chi connectivity index (χ3n) is 4.05. The largest absolute Gasteiger partial charge is 0.352 e. The molecule has 2 aliphatic rings. The van der Waals surface area contributed by atoms with Crippen molar-refractivity contribution in [1.29, 1.82) is 0 Å². The van der Waals surface area contributed by atoms with Crippen molar-refractivity contribution in [3.63, 3.8) is 0 Å². The lowest BCUT2D eigenvalue weighted by Crippen LogP contribution is -2.96. The molecule has 1 aliphatic carbocycles. The number of nitrogens with two attached hydrogens (primary N) is 1. The maximum atomic E-state index is 12.1. The topological polar surface area (TPSA) is 74.8 Å². The zero-order valence-corrected chi connectivity index (χ0v) is 11.4. The first-order valence-corrected chi connectivity index (χ1v) is 7.19. The van der Waals surface area contributed by atoms with Crippen LogP contribution in [-0.2, 0) is 22.4 Å². The van der Waals surface area contributed by atoms with Gasteiger partial charge in [-0.2, -0.15) is 0 Å². The first-order valence-electron chi connectivity index (χ1n) is 7.19. The van der Waals surface area contributed by atoms with Gasteiger partial charge in [-0.25, -0.2) is 0 Å². The molecule has 1 atom stereocenters. The van der Waals surface area contributed by atoms with Crippen LogP contribution in [0, 0.1) is 0 Å². The van der Waals surface area contributed by atoms with Crippen molar-refractivity contribution >= 4 is 11.8 Å². The van der Waals surface area contributed by atoms with Crippen molar-refractivity contribution in [1.82, 2.24) is 10.6 Å².